The fourth-order valence-electron chi connectivity index (χ4n) is 2.29. The zero-order chi connectivity index (χ0) is 20.6. The summed E-state index contributed by atoms with van der Waals surface area (Å²) in [5, 5.41) is 4.64. The zero-order valence-corrected chi connectivity index (χ0v) is 18.5. The number of benzene rings is 1. The number of aromatic nitrogens is 3. The Labute approximate surface area is 175 Å². The topological polar surface area (TPSA) is 87.2 Å². The maximum atomic E-state index is 12.2. The van der Waals surface area contributed by atoms with Crippen molar-refractivity contribution in [2.24, 2.45) is 0 Å². The van der Waals surface area contributed by atoms with E-state index in [1.54, 1.807) is 26.0 Å². The van der Waals surface area contributed by atoms with Gasteiger partial charge in [-0.05, 0) is 26.0 Å². The minimum Gasteiger partial charge on any atom is -0.462 e. The minimum absolute atomic E-state index is 0.149. The largest absolute Gasteiger partial charge is 0.462 e. The molecule has 0 fully saturated rings. The lowest BCUT2D eigenvalue weighted by molar-refractivity contribution is -0.144. The van der Waals surface area contributed by atoms with Gasteiger partial charge in [0.1, 0.15) is 0 Å². The summed E-state index contributed by atoms with van der Waals surface area (Å²) in [6, 6.07) is 3.43. The molecule has 0 bridgehead atoms. The van der Waals surface area contributed by atoms with Crippen LogP contribution in [0.2, 0.25) is 5.02 Å². The van der Waals surface area contributed by atoms with Gasteiger partial charge in [-0.25, -0.2) is 9.78 Å². The number of thiazole rings is 1. The number of ether oxygens (including phenoxy) is 1. The number of carbonyl (C=O) groups is 1. The molecule has 0 aliphatic carbocycles. The number of esters is 1. The first kappa shape index (κ1) is 20.9. The quantitative estimate of drug-likeness (QED) is 0.427. The van der Waals surface area contributed by atoms with Crippen LogP contribution in [0.4, 0.5) is 0 Å². The summed E-state index contributed by atoms with van der Waals surface area (Å²) in [6.45, 7) is 9.33. The molecule has 0 aliphatic rings. The first-order chi connectivity index (χ1) is 13.0. The zero-order valence-electron chi connectivity index (χ0n) is 16.1. The molecule has 10 heteroatoms. The fourth-order valence-corrected chi connectivity index (χ4v) is 4.47. The third-order valence-electron chi connectivity index (χ3n) is 3.54. The van der Waals surface area contributed by atoms with Gasteiger partial charge in [0.05, 0.1) is 32.8 Å². The van der Waals surface area contributed by atoms with E-state index in [0.717, 1.165) is 9.38 Å². The van der Waals surface area contributed by atoms with Crippen LogP contribution in [0.1, 0.15) is 40.5 Å². The van der Waals surface area contributed by atoms with Crippen molar-refractivity contribution >= 4 is 50.9 Å². The van der Waals surface area contributed by atoms with E-state index >= 15 is 0 Å². The third kappa shape index (κ3) is 4.59. The number of carbonyl (C=O) groups excluding carboxylic acids is 1. The maximum absolute atomic E-state index is 12.2. The van der Waals surface area contributed by atoms with Crippen molar-refractivity contribution in [3.8, 4) is 5.69 Å². The lowest BCUT2D eigenvalue weighted by Crippen LogP contribution is -2.14. The molecular formula is C18H20ClN3O4S2. The minimum atomic E-state index is -0.604. The average molecular weight is 442 g/mol. The molecular weight excluding hydrogens is 422 g/mol. The van der Waals surface area contributed by atoms with Gasteiger partial charge in [-0.1, -0.05) is 44.1 Å². The first-order valence-corrected chi connectivity index (χ1v) is 10.8. The number of halogens is 1. The van der Waals surface area contributed by atoms with E-state index in [4.69, 9.17) is 20.8 Å². The van der Waals surface area contributed by atoms with Gasteiger partial charge in [0, 0.05) is 5.41 Å². The molecule has 0 spiro atoms. The van der Waals surface area contributed by atoms with Crippen molar-refractivity contribution in [3.05, 3.63) is 33.6 Å². The molecule has 28 heavy (non-hydrogen) atoms. The smallest absolute Gasteiger partial charge is 0.442 e. The first-order valence-electron chi connectivity index (χ1n) is 8.58. The monoisotopic (exact) mass is 441 g/mol. The number of nitrogens with zero attached hydrogens (tertiary/aromatic N) is 3. The second kappa shape index (κ2) is 7.88. The van der Waals surface area contributed by atoms with Gasteiger partial charge in [0.2, 0.25) is 5.89 Å². The van der Waals surface area contributed by atoms with Crippen LogP contribution in [0.15, 0.2) is 25.7 Å². The highest BCUT2D eigenvalue weighted by Gasteiger charge is 2.24. The molecule has 0 amide bonds. The van der Waals surface area contributed by atoms with E-state index in [2.05, 4.69) is 10.1 Å². The number of hydrogen-bond acceptors (Lipinski definition) is 8. The molecule has 0 saturated heterocycles. The molecule has 0 unspecified atom stereocenters. The summed E-state index contributed by atoms with van der Waals surface area (Å²) in [4.78, 5) is 28.5. The molecule has 0 aliphatic heterocycles. The van der Waals surface area contributed by atoms with Crippen LogP contribution in [0, 0.1) is 0 Å². The lowest BCUT2D eigenvalue weighted by atomic mass is 9.97. The van der Waals surface area contributed by atoms with Gasteiger partial charge in [0.15, 0.2) is 4.34 Å². The Bertz CT molecular complexity index is 1080. The summed E-state index contributed by atoms with van der Waals surface area (Å²) < 4.78 is 13.1. The van der Waals surface area contributed by atoms with Gasteiger partial charge in [0.25, 0.3) is 0 Å². The van der Waals surface area contributed by atoms with Crippen molar-refractivity contribution in [2.75, 3.05) is 5.75 Å². The molecule has 3 aromatic rings. The Morgan fingerprint density at radius 2 is 2.11 bits per heavy atom. The molecule has 3 rings (SSSR count). The third-order valence-corrected chi connectivity index (χ3v) is 5.97. The number of rotatable bonds is 5. The molecule has 150 valence electrons. The Hall–Kier alpha value is -1.84. The highest BCUT2D eigenvalue weighted by molar-refractivity contribution is 8.01. The normalized spacial score (nSPS) is 12.1. The van der Waals surface area contributed by atoms with Crippen LogP contribution >= 0.6 is 34.7 Å². The van der Waals surface area contributed by atoms with E-state index in [-0.39, 0.29) is 17.8 Å². The number of hydrogen-bond donors (Lipinski definition) is 0. The Kier molecular flexibility index (Phi) is 5.88. The Morgan fingerprint density at radius 3 is 2.71 bits per heavy atom. The summed E-state index contributed by atoms with van der Waals surface area (Å²) >= 11 is 9.10. The summed E-state index contributed by atoms with van der Waals surface area (Å²) in [7, 11) is 0. The van der Waals surface area contributed by atoms with Gasteiger partial charge in [-0.3, -0.25) is 4.79 Å². The Balaban J connectivity index is 1.90. The SMILES string of the molecule is CC(C)OC(=O)CSc1nc2cc(-n3nc(C(C)(C)C)oc3=O)c(Cl)cc2s1. The van der Waals surface area contributed by atoms with E-state index in [0.29, 0.717) is 26.5 Å². The second-order valence-corrected chi connectivity index (χ2v) is 10.1. The van der Waals surface area contributed by atoms with Crippen molar-refractivity contribution < 1.29 is 13.9 Å². The predicted molar refractivity (Wildman–Crippen MR) is 111 cm³/mol. The van der Waals surface area contributed by atoms with Crippen LogP contribution in [-0.2, 0) is 14.9 Å². The highest BCUT2D eigenvalue weighted by atomic mass is 35.5. The molecule has 7 nitrogen and oxygen atoms in total. The van der Waals surface area contributed by atoms with E-state index in [1.165, 1.54) is 23.1 Å². The average Bonchev–Trinajstić information content (AvgIpc) is 3.14. The molecule has 1 aromatic carbocycles. The fraction of sp³-hybridized carbons (Fsp3) is 0.444. The van der Waals surface area contributed by atoms with Crippen molar-refractivity contribution in [3.63, 3.8) is 0 Å². The van der Waals surface area contributed by atoms with Crippen LogP contribution in [-0.4, -0.2) is 32.6 Å². The molecule has 2 aromatic heterocycles. The summed E-state index contributed by atoms with van der Waals surface area (Å²) in [5.41, 5.74) is 0.659. The van der Waals surface area contributed by atoms with Crippen LogP contribution < -0.4 is 5.76 Å². The Morgan fingerprint density at radius 1 is 1.39 bits per heavy atom. The molecule has 0 atom stereocenters. The molecule has 0 N–H and O–H groups in total. The van der Waals surface area contributed by atoms with Crippen molar-refractivity contribution in [2.45, 2.75) is 50.5 Å². The second-order valence-electron chi connectivity index (χ2n) is 7.41. The predicted octanol–water partition coefficient (Wildman–Crippen LogP) is 4.43. The molecule has 0 radical (unpaired) electrons. The van der Waals surface area contributed by atoms with E-state index in [9.17, 15) is 9.59 Å². The van der Waals surface area contributed by atoms with Gasteiger partial charge >= 0.3 is 11.7 Å². The number of fused-ring (bicyclic) bond motifs is 1. The molecule has 2 heterocycles. The maximum Gasteiger partial charge on any atom is 0.442 e. The summed E-state index contributed by atoms with van der Waals surface area (Å²) in [5.74, 6) is -0.392. The highest BCUT2D eigenvalue weighted by Crippen LogP contribution is 2.34. The van der Waals surface area contributed by atoms with Gasteiger partial charge < -0.3 is 9.15 Å². The standard InChI is InChI=1S/C18H20ClN3O4S2/c1-9(2)25-14(23)8-27-16-20-11-7-12(10(19)6-13(11)28-16)22-17(24)26-15(21-22)18(3,4)5/h6-7,9H,8H2,1-5H3. The van der Waals surface area contributed by atoms with Crippen LogP contribution in [0.3, 0.4) is 0 Å². The van der Waals surface area contributed by atoms with Crippen LogP contribution in [0.25, 0.3) is 15.9 Å². The van der Waals surface area contributed by atoms with E-state index < -0.39 is 11.2 Å². The molecule has 0 saturated carbocycles. The van der Waals surface area contributed by atoms with E-state index in [1.807, 2.05) is 20.8 Å². The lowest BCUT2D eigenvalue weighted by Gasteiger charge is -2.11. The van der Waals surface area contributed by atoms with Gasteiger partial charge in [-0.2, -0.15) is 4.68 Å². The van der Waals surface area contributed by atoms with Gasteiger partial charge in [-0.15, -0.1) is 16.4 Å². The van der Waals surface area contributed by atoms with Crippen molar-refractivity contribution in [1.82, 2.24) is 14.8 Å². The summed E-state index contributed by atoms with van der Waals surface area (Å²) in [6.07, 6.45) is -0.149. The number of thioether (sulfide) groups is 1. The van der Waals surface area contributed by atoms with Crippen molar-refractivity contribution in [1.29, 1.82) is 0 Å². The van der Waals surface area contributed by atoms with Crippen LogP contribution in [0.5, 0.6) is 0 Å².